The molecule has 1 unspecified atom stereocenters. The number of benzene rings is 1. The van der Waals surface area contributed by atoms with Crippen molar-refractivity contribution in [2.24, 2.45) is 5.92 Å². The van der Waals surface area contributed by atoms with Crippen molar-refractivity contribution in [1.29, 1.82) is 0 Å². The highest BCUT2D eigenvalue weighted by molar-refractivity contribution is 5.87. The van der Waals surface area contributed by atoms with E-state index in [1.165, 1.54) is 13.0 Å². The van der Waals surface area contributed by atoms with E-state index in [1.54, 1.807) is 13.8 Å². The zero-order valence-corrected chi connectivity index (χ0v) is 13.4. The molecule has 2 amide bonds. The van der Waals surface area contributed by atoms with E-state index in [0.29, 0.717) is 5.56 Å². The molecule has 9 heteroatoms. The number of hydrazine groups is 1. The zero-order chi connectivity index (χ0) is 18.5. The van der Waals surface area contributed by atoms with Gasteiger partial charge in [0.05, 0.1) is 6.54 Å². The van der Waals surface area contributed by atoms with Gasteiger partial charge in [0.2, 0.25) is 5.91 Å². The van der Waals surface area contributed by atoms with Crippen molar-refractivity contribution in [2.45, 2.75) is 33.0 Å². The molecule has 0 saturated carbocycles. The summed E-state index contributed by atoms with van der Waals surface area (Å²) in [5.74, 6) is -2.37. The number of hydrogen-bond acceptors (Lipinski definition) is 3. The molecule has 0 aliphatic heterocycles. The second-order valence-corrected chi connectivity index (χ2v) is 5.56. The molecular weight excluding hydrogens is 330 g/mol. The van der Waals surface area contributed by atoms with Crippen LogP contribution in [-0.4, -0.2) is 24.5 Å². The van der Waals surface area contributed by atoms with Gasteiger partial charge in [0.15, 0.2) is 0 Å². The highest BCUT2D eigenvalue weighted by Crippen LogP contribution is 2.21. The van der Waals surface area contributed by atoms with Crippen LogP contribution in [0.3, 0.4) is 0 Å². The third-order valence-corrected chi connectivity index (χ3v) is 3.14. The Morgan fingerprint density at radius 2 is 1.71 bits per heavy atom. The maximum Gasteiger partial charge on any atom is 0.401 e. The molecule has 0 aliphatic rings. The maximum absolute atomic E-state index is 13.2. The Morgan fingerprint density at radius 3 is 2.21 bits per heavy atom. The summed E-state index contributed by atoms with van der Waals surface area (Å²) >= 11 is 0. The van der Waals surface area contributed by atoms with Crippen molar-refractivity contribution in [2.75, 3.05) is 6.54 Å². The fraction of sp³-hybridized carbons (Fsp3) is 0.467. The van der Waals surface area contributed by atoms with E-state index in [-0.39, 0.29) is 5.56 Å². The number of carbonyl (C=O) groups is 2. The minimum Gasteiger partial charge on any atom is -0.294 e. The lowest BCUT2D eigenvalue weighted by Crippen LogP contribution is -2.49. The first kappa shape index (κ1) is 19.9. The summed E-state index contributed by atoms with van der Waals surface area (Å²) in [6.07, 6.45) is -4.53. The molecule has 1 aromatic carbocycles. The number of alkyl halides is 3. The molecular formula is C15H19F4N3O2. The Hall–Kier alpha value is -2.16. The molecule has 1 aromatic rings. The van der Waals surface area contributed by atoms with Crippen molar-refractivity contribution >= 4 is 11.8 Å². The van der Waals surface area contributed by atoms with Crippen LogP contribution in [0, 0.1) is 18.7 Å². The van der Waals surface area contributed by atoms with E-state index in [4.69, 9.17) is 0 Å². The molecule has 1 atom stereocenters. The van der Waals surface area contributed by atoms with Gasteiger partial charge in [-0.3, -0.25) is 25.8 Å². The number of hydrogen-bond donors (Lipinski definition) is 3. The second-order valence-electron chi connectivity index (χ2n) is 5.56. The predicted octanol–water partition coefficient (Wildman–Crippen LogP) is 2.13. The first-order valence-corrected chi connectivity index (χ1v) is 7.17. The van der Waals surface area contributed by atoms with Crippen molar-refractivity contribution in [1.82, 2.24) is 16.2 Å². The van der Waals surface area contributed by atoms with Gasteiger partial charge >= 0.3 is 6.18 Å². The quantitative estimate of drug-likeness (QED) is 0.563. The van der Waals surface area contributed by atoms with Crippen LogP contribution in [0.2, 0.25) is 0 Å². The minimum absolute atomic E-state index is 0.178. The number of rotatable bonds is 5. The number of nitrogens with one attached hydrogen (secondary N) is 3. The van der Waals surface area contributed by atoms with Crippen LogP contribution in [-0.2, 0) is 9.59 Å². The largest absolute Gasteiger partial charge is 0.401 e. The molecule has 0 fully saturated rings. The summed E-state index contributed by atoms with van der Waals surface area (Å²) in [5.41, 5.74) is 4.69. The van der Waals surface area contributed by atoms with Gasteiger partial charge in [0.1, 0.15) is 11.9 Å². The Morgan fingerprint density at radius 1 is 1.12 bits per heavy atom. The lowest BCUT2D eigenvalue weighted by molar-refractivity contribution is -0.135. The van der Waals surface area contributed by atoms with Gasteiger partial charge in [-0.15, -0.1) is 0 Å². The fourth-order valence-corrected chi connectivity index (χ4v) is 1.86. The van der Waals surface area contributed by atoms with Gasteiger partial charge in [0, 0.05) is 5.92 Å². The van der Waals surface area contributed by atoms with Gasteiger partial charge < -0.3 is 0 Å². The number of amides is 2. The van der Waals surface area contributed by atoms with E-state index >= 15 is 0 Å². The zero-order valence-electron chi connectivity index (χ0n) is 13.4. The van der Waals surface area contributed by atoms with Crippen LogP contribution >= 0.6 is 0 Å². The molecule has 0 spiro atoms. The van der Waals surface area contributed by atoms with Crippen LogP contribution in [0.5, 0.6) is 0 Å². The lowest BCUT2D eigenvalue weighted by atomic mass is 10.0. The van der Waals surface area contributed by atoms with E-state index in [9.17, 15) is 27.2 Å². The Balaban J connectivity index is 2.96. The highest BCUT2D eigenvalue weighted by atomic mass is 19.4. The molecule has 5 nitrogen and oxygen atoms in total. The summed E-state index contributed by atoms with van der Waals surface area (Å²) in [7, 11) is 0. The molecule has 0 bridgehead atoms. The highest BCUT2D eigenvalue weighted by Gasteiger charge is 2.31. The SMILES string of the molecule is Cc1cc(F)ccc1C(NCC(F)(F)F)C(=O)NNC(=O)C(C)C. The molecule has 24 heavy (non-hydrogen) atoms. The smallest absolute Gasteiger partial charge is 0.294 e. The van der Waals surface area contributed by atoms with Crippen molar-refractivity contribution in [3.05, 3.63) is 35.1 Å². The topological polar surface area (TPSA) is 70.2 Å². The summed E-state index contributed by atoms with van der Waals surface area (Å²) in [6, 6.07) is 1.98. The van der Waals surface area contributed by atoms with E-state index in [2.05, 4.69) is 16.2 Å². The van der Waals surface area contributed by atoms with Gasteiger partial charge in [-0.1, -0.05) is 19.9 Å². The fourth-order valence-electron chi connectivity index (χ4n) is 1.86. The summed E-state index contributed by atoms with van der Waals surface area (Å²) in [6.45, 7) is 3.23. The van der Waals surface area contributed by atoms with Crippen molar-refractivity contribution in [3.63, 3.8) is 0 Å². The third kappa shape index (κ3) is 6.15. The molecule has 3 N–H and O–H groups in total. The number of aryl methyl sites for hydroxylation is 1. The molecule has 0 radical (unpaired) electrons. The maximum atomic E-state index is 13.2. The minimum atomic E-state index is -4.53. The van der Waals surface area contributed by atoms with Crippen LogP contribution in [0.15, 0.2) is 18.2 Å². The summed E-state index contributed by atoms with van der Waals surface area (Å²) in [4.78, 5) is 23.6. The van der Waals surface area contributed by atoms with Gasteiger partial charge in [-0.2, -0.15) is 13.2 Å². The normalized spacial score (nSPS) is 12.8. The first-order valence-electron chi connectivity index (χ1n) is 7.17. The second kappa shape index (κ2) is 8.09. The summed E-state index contributed by atoms with van der Waals surface area (Å²) in [5, 5.41) is 2.08. The standard InChI is InChI=1S/C15H19F4N3O2/c1-8(2)13(23)21-22-14(24)12(20-7-15(17,18)19)11-5-4-10(16)6-9(11)3/h4-6,8,12,20H,7H2,1-3H3,(H,21,23)(H,22,24). The number of carbonyl (C=O) groups excluding carboxylic acids is 2. The monoisotopic (exact) mass is 349 g/mol. The average Bonchev–Trinajstić information content (AvgIpc) is 2.45. The molecule has 134 valence electrons. The molecule has 0 aromatic heterocycles. The molecule has 0 saturated heterocycles. The van der Waals surface area contributed by atoms with Crippen LogP contribution in [0.25, 0.3) is 0 Å². The number of halogens is 4. The van der Waals surface area contributed by atoms with Crippen LogP contribution < -0.4 is 16.2 Å². The summed E-state index contributed by atoms with van der Waals surface area (Å²) < 4.78 is 50.5. The average molecular weight is 349 g/mol. The molecule has 1 rings (SSSR count). The van der Waals surface area contributed by atoms with E-state index < -0.39 is 42.3 Å². The lowest BCUT2D eigenvalue weighted by Gasteiger charge is -2.22. The Bertz CT molecular complexity index is 603. The Labute approximate surface area is 136 Å². The van der Waals surface area contributed by atoms with E-state index in [0.717, 1.165) is 12.1 Å². The van der Waals surface area contributed by atoms with Crippen LogP contribution in [0.1, 0.15) is 31.0 Å². The Kier molecular flexibility index (Phi) is 6.70. The van der Waals surface area contributed by atoms with Crippen molar-refractivity contribution in [3.8, 4) is 0 Å². The van der Waals surface area contributed by atoms with Gasteiger partial charge in [-0.25, -0.2) is 4.39 Å². The van der Waals surface area contributed by atoms with E-state index in [1.807, 2.05) is 0 Å². The van der Waals surface area contributed by atoms with Gasteiger partial charge in [-0.05, 0) is 30.2 Å². The van der Waals surface area contributed by atoms with Crippen LogP contribution in [0.4, 0.5) is 17.6 Å². The first-order chi connectivity index (χ1) is 11.0. The molecule has 0 aliphatic carbocycles. The third-order valence-electron chi connectivity index (χ3n) is 3.14. The predicted molar refractivity (Wildman–Crippen MR) is 79.1 cm³/mol. The molecule has 0 heterocycles. The van der Waals surface area contributed by atoms with Gasteiger partial charge in [0.25, 0.3) is 5.91 Å². The van der Waals surface area contributed by atoms with Crippen molar-refractivity contribution < 1.29 is 27.2 Å².